The van der Waals surface area contributed by atoms with Crippen LogP contribution >= 0.6 is 0 Å². The number of aromatic nitrogens is 4. The van der Waals surface area contributed by atoms with E-state index >= 15 is 0 Å². The lowest BCUT2D eigenvalue weighted by Gasteiger charge is -2.03. The van der Waals surface area contributed by atoms with Gasteiger partial charge in [0.1, 0.15) is 0 Å². The van der Waals surface area contributed by atoms with Crippen molar-refractivity contribution < 1.29 is 4.79 Å². The van der Waals surface area contributed by atoms with Crippen LogP contribution in [0.4, 0.5) is 16.3 Å². The predicted molar refractivity (Wildman–Crippen MR) is 75.7 cm³/mol. The number of benzene rings is 1. The van der Waals surface area contributed by atoms with Gasteiger partial charge in [0.05, 0.1) is 34.7 Å². The fourth-order valence-electron chi connectivity index (χ4n) is 1.98. The van der Waals surface area contributed by atoms with Crippen molar-refractivity contribution in [1.29, 1.82) is 0 Å². The van der Waals surface area contributed by atoms with Crippen molar-refractivity contribution in [3.8, 4) is 5.69 Å². The minimum absolute atomic E-state index is 0.300. The minimum atomic E-state index is -0.300. The maximum atomic E-state index is 11.3. The van der Waals surface area contributed by atoms with Gasteiger partial charge in [-0.1, -0.05) is 6.07 Å². The number of nitrogens with one attached hydrogen (secondary N) is 3. The van der Waals surface area contributed by atoms with E-state index in [-0.39, 0.29) is 6.03 Å². The molecule has 2 amide bonds. The lowest BCUT2D eigenvalue weighted by molar-refractivity contribution is 0.254. The molecule has 3 rings (SSSR count). The van der Waals surface area contributed by atoms with Crippen molar-refractivity contribution in [1.82, 2.24) is 25.3 Å². The topological polar surface area (TPSA) is 114 Å². The lowest BCUT2D eigenvalue weighted by atomic mass is 10.2. The second-order valence-corrected chi connectivity index (χ2v) is 4.19. The van der Waals surface area contributed by atoms with Gasteiger partial charge >= 0.3 is 6.03 Å². The van der Waals surface area contributed by atoms with Crippen LogP contribution in [0, 0.1) is 0 Å². The van der Waals surface area contributed by atoms with E-state index in [1.165, 1.54) is 0 Å². The van der Waals surface area contributed by atoms with Gasteiger partial charge in [-0.2, -0.15) is 10.2 Å². The summed E-state index contributed by atoms with van der Waals surface area (Å²) < 4.78 is 1.64. The zero-order valence-electron chi connectivity index (χ0n) is 10.7. The third kappa shape index (κ3) is 1.92. The molecule has 20 heavy (non-hydrogen) atoms. The Balaban J connectivity index is 2.03. The van der Waals surface area contributed by atoms with Gasteiger partial charge in [-0.05, 0) is 12.1 Å². The number of hydrogen-bond acceptors (Lipinski definition) is 4. The first-order valence-electron chi connectivity index (χ1n) is 5.95. The van der Waals surface area contributed by atoms with E-state index < -0.39 is 0 Å². The molecule has 0 aliphatic rings. The number of nitrogen functional groups attached to an aromatic ring is 1. The van der Waals surface area contributed by atoms with E-state index in [9.17, 15) is 4.79 Å². The van der Waals surface area contributed by atoms with Gasteiger partial charge in [0.25, 0.3) is 0 Å². The van der Waals surface area contributed by atoms with Crippen molar-refractivity contribution in [2.24, 2.45) is 0 Å². The SMILES string of the molecule is CNC(=O)Nc1cnn(-c2cccc3[nH]nc(N)c23)c1. The molecule has 102 valence electrons. The first-order chi connectivity index (χ1) is 9.69. The summed E-state index contributed by atoms with van der Waals surface area (Å²) in [5.74, 6) is 0.409. The highest BCUT2D eigenvalue weighted by Crippen LogP contribution is 2.25. The Hall–Kier alpha value is -3.03. The van der Waals surface area contributed by atoms with Crippen molar-refractivity contribution in [2.45, 2.75) is 0 Å². The maximum Gasteiger partial charge on any atom is 0.319 e. The van der Waals surface area contributed by atoms with Crippen LogP contribution in [-0.4, -0.2) is 33.1 Å². The van der Waals surface area contributed by atoms with Crippen LogP contribution in [0.1, 0.15) is 0 Å². The molecule has 0 unspecified atom stereocenters. The second kappa shape index (κ2) is 4.57. The smallest absolute Gasteiger partial charge is 0.319 e. The molecule has 0 fully saturated rings. The molecule has 0 spiro atoms. The van der Waals surface area contributed by atoms with Crippen molar-refractivity contribution in [2.75, 3.05) is 18.1 Å². The normalized spacial score (nSPS) is 10.7. The Kier molecular flexibility index (Phi) is 2.75. The number of rotatable bonds is 2. The Morgan fingerprint density at radius 2 is 2.30 bits per heavy atom. The summed E-state index contributed by atoms with van der Waals surface area (Å²) in [4.78, 5) is 11.3. The summed E-state index contributed by atoms with van der Waals surface area (Å²) in [6.45, 7) is 0. The highest BCUT2D eigenvalue weighted by atomic mass is 16.2. The highest BCUT2D eigenvalue weighted by molar-refractivity contribution is 5.96. The summed E-state index contributed by atoms with van der Waals surface area (Å²) in [5.41, 5.74) is 8.07. The molecule has 8 heteroatoms. The van der Waals surface area contributed by atoms with Crippen LogP contribution < -0.4 is 16.4 Å². The summed E-state index contributed by atoms with van der Waals surface area (Å²) in [5, 5.41) is 17.0. The summed E-state index contributed by atoms with van der Waals surface area (Å²) >= 11 is 0. The second-order valence-electron chi connectivity index (χ2n) is 4.19. The summed E-state index contributed by atoms with van der Waals surface area (Å²) in [6, 6.07) is 5.34. The molecule has 2 heterocycles. The third-order valence-electron chi connectivity index (χ3n) is 2.91. The van der Waals surface area contributed by atoms with Crippen LogP contribution in [0.2, 0.25) is 0 Å². The molecule has 0 saturated carbocycles. The molecule has 0 atom stereocenters. The molecular weight excluding hydrogens is 258 g/mol. The number of nitrogens with two attached hydrogens (primary N) is 1. The zero-order chi connectivity index (χ0) is 14.1. The molecular formula is C12H13N7O. The number of anilines is 2. The van der Waals surface area contributed by atoms with Crippen molar-refractivity contribution in [3.63, 3.8) is 0 Å². The Morgan fingerprint density at radius 3 is 3.10 bits per heavy atom. The van der Waals surface area contributed by atoms with Gasteiger partial charge in [0.2, 0.25) is 0 Å². The Labute approximate surface area is 114 Å². The molecule has 0 bridgehead atoms. The van der Waals surface area contributed by atoms with Crippen LogP contribution in [-0.2, 0) is 0 Å². The fraction of sp³-hybridized carbons (Fsp3) is 0.0833. The number of H-pyrrole nitrogens is 1. The monoisotopic (exact) mass is 271 g/mol. The van der Waals surface area contributed by atoms with E-state index in [2.05, 4.69) is 25.9 Å². The van der Waals surface area contributed by atoms with Gasteiger partial charge in [0, 0.05) is 7.05 Å². The average Bonchev–Trinajstić information content (AvgIpc) is 3.06. The number of hydrogen-bond donors (Lipinski definition) is 4. The van der Waals surface area contributed by atoms with E-state index in [0.717, 1.165) is 16.6 Å². The molecule has 0 aliphatic carbocycles. The highest BCUT2D eigenvalue weighted by Gasteiger charge is 2.11. The van der Waals surface area contributed by atoms with E-state index in [1.807, 2.05) is 18.2 Å². The van der Waals surface area contributed by atoms with Crippen LogP contribution in [0.3, 0.4) is 0 Å². The number of urea groups is 1. The molecule has 0 aliphatic heterocycles. The molecule has 2 aromatic heterocycles. The molecule has 0 radical (unpaired) electrons. The Bertz CT molecular complexity index is 773. The number of amides is 2. The summed E-state index contributed by atoms with van der Waals surface area (Å²) in [6.07, 6.45) is 3.26. The number of carbonyl (C=O) groups excluding carboxylic acids is 1. The lowest BCUT2D eigenvalue weighted by Crippen LogP contribution is -2.24. The first kappa shape index (κ1) is 12.0. The Morgan fingerprint density at radius 1 is 1.45 bits per heavy atom. The summed E-state index contributed by atoms with van der Waals surface area (Å²) in [7, 11) is 1.55. The third-order valence-corrected chi connectivity index (χ3v) is 2.91. The predicted octanol–water partition coefficient (Wildman–Crippen LogP) is 1.08. The molecule has 3 aromatic rings. The zero-order valence-corrected chi connectivity index (χ0v) is 10.7. The van der Waals surface area contributed by atoms with E-state index in [1.54, 1.807) is 24.1 Å². The quantitative estimate of drug-likeness (QED) is 0.558. The van der Waals surface area contributed by atoms with Crippen molar-refractivity contribution in [3.05, 3.63) is 30.6 Å². The van der Waals surface area contributed by atoms with Crippen LogP contribution in [0.25, 0.3) is 16.6 Å². The molecule has 0 saturated heterocycles. The van der Waals surface area contributed by atoms with Crippen molar-refractivity contribution >= 4 is 28.4 Å². The van der Waals surface area contributed by atoms with Gasteiger partial charge < -0.3 is 16.4 Å². The number of aromatic amines is 1. The number of carbonyl (C=O) groups is 1. The van der Waals surface area contributed by atoms with Gasteiger partial charge in [0.15, 0.2) is 5.82 Å². The molecule has 5 N–H and O–H groups in total. The van der Waals surface area contributed by atoms with Crippen LogP contribution in [0.15, 0.2) is 30.6 Å². The van der Waals surface area contributed by atoms with Crippen LogP contribution in [0.5, 0.6) is 0 Å². The van der Waals surface area contributed by atoms with Gasteiger partial charge in [-0.25, -0.2) is 9.48 Å². The van der Waals surface area contributed by atoms with Gasteiger partial charge in [-0.3, -0.25) is 5.10 Å². The maximum absolute atomic E-state index is 11.3. The largest absolute Gasteiger partial charge is 0.382 e. The standard InChI is InChI=1S/C12H13N7O/c1-14-12(20)16-7-5-15-19(6-7)9-4-2-3-8-10(9)11(13)18-17-8/h2-6H,1H3,(H3,13,17,18)(H2,14,16,20). The fourth-order valence-corrected chi connectivity index (χ4v) is 1.98. The van der Waals surface area contributed by atoms with E-state index in [4.69, 9.17) is 5.73 Å². The van der Waals surface area contributed by atoms with Gasteiger partial charge in [-0.15, -0.1) is 0 Å². The number of nitrogens with zero attached hydrogens (tertiary/aromatic N) is 3. The average molecular weight is 271 g/mol. The molecule has 8 nitrogen and oxygen atoms in total. The minimum Gasteiger partial charge on any atom is -0.382 e. The molecule has 1 aromatic carbocycles. The van der Waals surface area contributed by atoms with E-state index in [0.29, 0.717) is 11.5 Å². The number of fused-ring (bicyclic) bond motifs is 1. The first-order valence-corrected chi connectivity index (χ1v) is 5.95.